The molecule has 0 saturated carbocycles. The van der Waals surface area contributed by atoms with Gasteiger partial charge in [-0.25, -0.2) is 4.79 Å². The number of methoxy groups -OCH3 is 1. The highest BCUT2D eigenvalue weighted by molar-refractivity contribution is 9.11. The van der Waals surface area contributed by atoms with Crippen LogP contribution >= 0.6 is 27.3 Å². The molecule has 0 fully saturated rings. The average molecular weight is 531 g/mol. The van der Waals surface area contributed by atoms with Crippen molar-refractivity contribution < 1.29 is 19.1 Å². The van der Waals surface area contributed by atoms with Crippen molar-refractivity contribution in [1.29, 1.82) is 0 Å². The van der Waals surface area contributed by atoms with Crippen molar-refractivity contribution in [3.63, 3.8) is 0 Å². The normalized spacial score (nSPS) is 20.1. The number of nitrogens with zero attached hydrogens (tertiary/aromatic N) is 1. The fraction of sp³-hybridized carbons (Fsp3) is 0.360. The molecule has 4 rings (SSSR count). The summed E-state index contributed by atoms with van der Waals surface area (Å²) in [6, 6.07) is 11.3. The summed E-state index contributed by atoms with van der Waals surface area (Å²) in [5.74, 6) is -0.0406. The zero-order valence-corrected chi connectivity index (χ0v) is 21.5. The molecule has 0 bridgehead atoms. The lowest BCUT2D eigenvalue weighted by Gasteiger charge is -2.44. The number of anilines is 1. The number of rotatable bonds is 5. The maximum absolute atomic E-state index is 13.6. The first kappa shape index (κ1) is 23.6. The standard InChI is InChI=1S/C25H27BrN2O4S/c1-5-32-24(30)22-21(18-10-11-19(26)33-18)20-16(12-25(2,3)13-17(20)29)28(23(22)27)14-6-8-15(31-4)9-7-14/h6-11,21H,5,12-13,27H2,1-4H3/t21-/m0/s1. The summed E-state index contributed by atoms with van der Waals surface area (Å²) in [5.41, 5.74) is 9.04. The molecule has 0 saturated heterocycles. The van der Waals surface area contributed by atoms with Gasteiger partial charge in [0.05, 0.1) is 29.0 Å². The summed E-state index contributed by atoms with van der Waals surface area (Å²) < 4.78 is 11.6. The van der Waals surface area contributed by atoms with E-state index < -0.39 is 11.9 Å². The van der Waals surface area contributed by atoms with Gasteiger partial charge in [-0.3, -0.25) is 9.69 Å². The minimum absolute atomic E-state index is 0.0311. The number of esters is 1. The fourth-order valence-corrected chi connectivity index (χ4v) is 6.16. The molecule has 2 aromatic rings. The lowest BCUT2D eigenvalue weighted by molar-refractivity contribution is -0.138. The highest BCUT2D eigenvalue weighted by Crippen LogP contribution is 2.51. The summed E-state index contributed by atoms with van der Waals surface area (Å²) in [5, 5.41) is 0. The lowest BCUT2D eigenvalue weighted by atomic mass is 9.69. The van der Waals surface area contributed by atoms with Gasteiger partial charge in [-0.2, -0.15) is 0 Å². The Morgan fingerprint density at radius 1 is 1.21 bits per heavy atom. The third-order valence-electron chi connectivity index (χ3n) is 5.97. The minimum atomic E-state index is -0.562. The van der Waals surface area contributed by atoms with Crippen LogP contribution in [0, 0.1) is 5.41 Å². The van der Waals surface area contributed by atoms with Crippen molar-refractivity contribution in [3.05, 3.63) is 67.7 Å². The summed E-state index contributed by atoms with van der Waals surface area (Å²) >= 11 is 5.01. The van der Waals surface area contributed by atoms with Crippen LogP contribution in [0.1, 0.15) is 44.4 Å². The van der Waals surface area contributed by atoms with Gasteiger partial charge in [-0.05, 0) is 71.1 Å². The van der Waals surface area contributed by atoms with E-state index in [0.29, 0.717) is 29.7 Å². The van der Waals surface area contributed by atoms with Crippen LogP contribution in [-0.2, 0) is 14.3 Å². The Morgan fingerprint density at radius 3 is 2.48 bits per heavy atom. The van der Waals surface area contributed by atoms with E-state index in [1.54, 1.807) is 14.0 Å². The SMILES string of the molecule is CCOC(=O)C1=C(N)N(c2ccc(OC)cc2)C2=C(C(=O)CC(C)(C)C2)[C@@H]1c1ccc(Br)s1. The van der Waals surface area contributed by atoms with E-state index in [9.17, 15) is 9.59 Å². The quantitative estimate of drug-likeness (QED) is 0.514. The van der Waals surface area contributed by atoms with Crippen LogP contribution in [0.5, 0.6) is 5.75 Å². The van der Waals surface area contributed by atoms with E-state index >= 15 is 0 Å². The molecule has 33 heavy (non-hydrogen) atoms. The predicted molar refractivity (Wildman–Crippen MR) is 133 cm³/mol. The maximum atomic E-state index is 13.6. The van der Waals surface area contributed by atoms with Crippen molar-refractivity contribution in [3.8, 4) is 5.75 Å². The molecule has 174 valence electrons. The van der Waals surface area contributed by atoms with Gasteiger partial charge in [0, 0.05) is 28.3 Å². The maximum Gasteiger partial charge on any atom is 0.338 e. The van der Waals surface area contributed by atoms with Crippen molar-refractivity contribution >= 4 is 44.7 Å². The Bertz CT molecular complexity index is 1160. The highest BCUT2D eigenvalue weighted by atomic mass is 79.9. The zero-order valence-electron chi connectivity index (χ0n) is 19.1. The Balaban J connectivity index is 1.99. The number of ketones is 1. The molecule has 2 heterocycles. The first-order valence-electron chi connectivity index (χ1n) is 10.8. The van der Waals surface area contributed by atoms with Gasteiger partial charge in [-0.15, -0.1) is 11.3 Å². The summed E-state index contributed by atoms with van der Waals surface area (Å²) in [6.45, 7) is 6.14. The second-order valence-electron chi connectivity index (χ2n) is 8.93. The molecule has 2 N–H and O–H groups in total. The summed E-state index contributed by atoms with van der Waals surface area (Å²) in [7, 11) is 1.61. The van der Waals surface area contributed by atoms with Crippen LogP contribution in [0.2, 0.25) is 0 Å². The Morgan fingerprint density at radius 2 is 1.91 bits per heavy atom. The summed E-state index contributed by atoms with van der Waals surface area (Å²) in [6.07, 6.45) is 1.06. The Hall–Kier alpha value is -2.58. The molecule has 1 aliphatic heterocycles. The van der Waals surface area contributed by atoms with Crippen LogP contribution in [0.3, 0.4) is 0 Å². The van der Waals surface area contributed by atoms with Crippen molar-refractivity contribution in [2.75, 3.05) is 18.6 Å². The van der Waals surface area contributed by atoms with Crippen LogP contribution in [0.25, 0.3) is 0 Å². The van der Waals surface area contributed by atoms with Gasteiger partial charge in [0.15, 0.2) is 5.78 Å². The van der Waals surface area contributed by atoms with Crippen LogP contribution in [0.4, 0.5) is 5.69 Å². The van der Waals surface area contributed by atoms with Gasteiger partial charge in [0.25, 0.3) is 0 Å². The highest BCUT2D eigenvalue weighted by Gasteiger charge is 2.47. The molecule has 1 aliphatic carbocycles. The van der Waals surface area contributed by atoms with Gasteiger partial charge < -0.3 is 15.2 Å². The number of ether oxygens (including phenoxy) is 2. The van der Waals surface area contributed by atoms with E-state index in [0.717, 1.165) is 20.0 Å². The predicted octanol–water partition coefficient (Wildman–Crippen LogP) is 5.50. The van der Waals surface area contributed by atoms with E-state index in [4.69, 9.17) is 15.2 Å². The molecule has 1 aromatic carbocycles. The minimum Gasteiger partial charge on any atom is -0.497 e. The van der Waals surface area contributed by atoms with E-state index in [2.05, 4.69) is 29.8 Å². The zero-order chi connectivity index (χ0) is 23.9. The molecule has 0 unspecified atom stereocenters. The number of hydrogen-bond donors (Lipinski definition) is 1. The number of hydrogen-bond acceptors (Lipinski definition) is 7. The smallest absolute Gasteiger partial charge is 0.338 e. The van der Waals surface area contributed by atoms with E-state index in [-0.39, 0.29) is 23.6 Å². The number of allylic oxidation sites excluding steroid dienone is 2. The molecule has 8 heteroatoms. The van der Waals surface area contributed by atoms with Crippen molar-refractivity contribution in [2.45, 2.75) is 39.5 Å². The molecule has 6 nitrogen and oxygen atoms in total. The fourth-order valence-electron chi connectivity index (χ4n) is 4.61. The third-order valence-corrected chi connectivity index (χ3v) is 7.65. The van der Waals surface area contributed by atoms with E-state index in [1.807, 2.05) is 41.3 Å². The molecular weight excluding hydrogens is 504 g/mol. The lowest BCUT2D eigenvalue weighted by Crippen LogP contribution is -2.43. The molecular formula is C25H27BrN2O4S. The number of halogens is 1. The van der Waals surface area contributed by atoms with Crippen molar-refractivity contribution in [1.82, 2.24) is 0 Å². The van der Waals surface area contributed by atoms with E-state index in [1.165, 1.54) is 11.3 Å². The number of thiophene rings is 1. The topological polar surface area (TPSA) is 81.9 Å². The Labute approximate surface area is 206 Å². The second-order valence-corrected chi connectivity index (χ2v) is 11.4. The van der Waals surface area contributed by atoms with Gasteiger partial charge >= 0.3 is 5.97 Å². The van der Waals surface area contributed by atoms with Gasteiger partial charge in [-0.1, -0.05) is 13.8 Å². The van der Waals surface area contributed by atoms with Crippen LogP contribution < -0.4 is 15.4 Å². The second kappa shape index (κ2) is 8.99. The molecule has 2 aliphatic rings. The molecule has 1 aromatic heterocycles. The van der Waals surface area contributed by atoms with Gasteiger partial charge in [0.2, 0.25) is 0 Å². The molecule has 0 spiro atoms. The number of benzene rings is 1. The first-order valence-corrected chi connectivity index (χ1v) is 12.4. The average Bonchev–Trinajstić information content (AvgIpc) is 3.18. The number of Topliss-reactive ketones (excluding diaryl/α,β-unsaturated/α-hetero) is 1. The monoisotopic (exact) mass is 530 g/mol. The number of nitrogens with two attached hydrogens (primary N) is 1. The third kappa shape index (κ3) is 4.34. The summed E-state index contributed by atoms with van der Waals surface area (Å²) in [4.78, 5) is 29.6. The van der Waals surface area contributed by atoms with Crippen molar-refractivity contribution in [2.24, 2.45) is 11.1 Å². The first-order chi connectivity index (χ1) is 15.7. The molecule has 1 atom stereocenters. The van der Waals surface area contributed by atoms with Gasteiger partial charge in [0.1, 0.15) is 11.6 Å². The largest absolute Gasteiger partial charge is 0.497 e. The number of carbonyl (C=O) groups is 2. The van der Waals surface area contributed by atoms with Crippen LogP contribution in [0.15, 0.2) is 62.8 Å². The molecule has 0 amide bonds. The number of carbonyl (C=O) groups excluding carboxylic acids is 2. The molecule has 0 radical (unpaired) electrons. The van der Waals surface area contributed by atoms with Crippen LogP contribution in [-0.4, -0.2) is 25.5 Å². The Kier molecular flexibility index (Phi) is 6.42.